The molecule has 0 aromatic rings. The number of hydrogen-bond donors (Lipinski definition) is 0. The van der Waals surface area contributed by atoms with E-state index in [1.165, 1.54) is 24.8 Å². The number of allylic oxidation sites excluding steroid dienone is 1. The fraction of sp³-hybridized carbons (Fsp3) is 0.833. The van der Waals surface area contributed by atoms with Gasteiger partial charge in [-0.3, -0.25) is 0 Å². The van der Waals surface area contributed by atoms with E-state index in [1.54, 1.807) is 0 Å². The average Bonchev–Trinajstić information content (AvgIpc) is 1.82. The Morgan fingerprint density at radius 3 is 2.33 bits per heavy atom. The third kappa shape index (κ3) is 1.91. The molecule has 1 aliphatic carbocycles. The van der Waals surface area contributed by atoms with Crippen molar-refractivity contribution in [2.75, 3.05) is 0 Å². The van der Waals surface area contributed by atoms with Crippen LogP contribution in [0.2, 0.25) is 0 Å². The highest BCUT2D eigenvalue weighted by Crippen LogP contribution is 2.45. The minimum Gasteiger partial charge on any atom is -0.0998 e. The lowest BCUT2D eigenvalue weighted by molar-refractivity contribution is 0.127. The van der Waals surface area contributed by atoms with Crippen LogP contribution in [-0.2, 0) is 0 Å². The van der Waals surface area contributed by atoms with Crippen molar-refractivity contribution in [3.63, 3.8) is 0 Å². The summed E-state index contributed by atoms with van der Waals surface area (Å²) in [5.74, 6) is 1.67. The summed E-state index contributed by atoms with van der Waals surface area (Å²) >= 11 is 0. The van der Waals surface area contributed by atoms with Crippen LogP contribution >= 0.6 is 0 Å². The van der Waals surface area contributed by atoms with Gasteiger partial charge in [0.1, 0.15) is 0 Å². The summed E-state index contributed by atoms with van der Waals surface area (Å²) in [5.41, 5.74) is 1.87. The van der Waals surface area contributed by atoms with Crippen molar-refractivity contribution in [1.82, 2.24) is 0 Å². The summed E-state index contributed by atoms with van der Waals surface area (Å²) in [6.45, 7) is 13.4. The molecule has 1 aliphatic rings. The van der Waals surface area contributed by atoms with Crippen molar-refractivity contribution in [2.24, 2.45) is 17.3 Å². The summed E-state index contributed by atoms with van der Waals surface area (Å²) in [4.78, 5) is 0. The molecule has 0 amide bonds. The first-order valence-corrected chi connectivity index (χ1v) is 5.09. The van der Waals surface area contributed by atoms with E-state index in [2.05, 4.69) is 34.3 Å². The molecule has 0 heterocycles. The van der Waals surface area contributed by atoms with Crippen LogP contribution in [0.1, 0.15) is 47.0 Å². The van der Waals surface area contributed by atoms with Gasteiger partial charge >= 0.3 is 0 Å². The van der Waals surface area contributed by atoms with E-state index in [0.717, 1.165) is 11.8 Å². The van der Waals surface area contributed by atoms with Gasteiger partial charge < -0.3 is 0 Å². The molecule has 1 fully saturated rings. The monoisotopic (exact) mass is 166 g/mol. The minimum absolute atomic E-state index is 0.490. The average molecular weight is 166 g/mol. The lowest BCUT2D eigenvalue weighted by Gasteiger charge is -2.42. The maximum Gasteiger partial charge on any atom is -0.0157 e. The van der Waals surface area contributed by atoms with Gasteiger partial charge in [0.2, 0.25) is 0 Å². The van der Waals surface area contributed by atoms with Crippen molar-refractivity contribution in [2.45, 2.75) is 47.0 Å². The third-order valence-electron chi connectivity index (χ3n) is 3.36. The maximum absolute atomic E-state index is 4.10. The zero-order chi connectivity index (χ0) is 9.35. The van der Waals surface area contributed by atoms with E-state index in [0.29, 0.717) is 5.41 Å². The topological polar surface area (TPSA) is 0 Å². The van der Waals surface area contributed by atoms with Crippen molar-refractivity contribution in [1.29, 1.82) is 0 Å². The Morgan fingerprint density at radius 2 is 1.92 bits per heavy atom. The normalized spacial score (nSPS) is 34.7. The van der Waals surface area contributed by atoms with Crippen LogP contribution in [0.15, 0.2) is 12.2 Å². The molecule has 0 saturated heterocycles. The molecule has 0 N–H and O–H groups in total. The second kappa shape index (κ2) is 3.24. The molecule has 2 atom stereocenters. The van der Waals surface area contributed by atoms with Gasteiger partial charge in [0.25, 0.3) is 0 Å². The molecule has 0 bridgehead atoms. The molecule has 1 rings (SSSR count). The fourth-order valence-electron chi connectivity index (χ4n) is 2.90. The Kier molecular flexibility index (Phi) is 2.65. The molecule has 2 unspecified atom stereocenters. The molecule has 0 nitrogen and oxygen atoms in total. The number of hydrogen-bond acceptors (Lipinski definition) is 0. The van der Waals surface area contributed by atoms with E-state index in [9.17, 15) is 0 Å². The maximum atomic E-state index is 4.10. The highest BCUT2D eigenvalue weighted by molar-refractivity contribution is 5.04. The molecule has 0 heteroatoms. The minimum atomic E-state index is 0.490. The van der Waals surface area contributed by atoms with Crippen LogP contribution < -0.4 is 0 Å². The van der Waals surface area contributed by atoms with Crippen LogP contribution in [0.5, 0.6) is 0 Å². The predicted octanol–water partition coefficient (Wildman–Crippen LogP) is 4.02. The number of rotatable bonds is 1. The predicted molar refractivity (Wildman–Crippen MR) is 55.1 cm³/mol. The molecule has 70 valence electrons. The van der Waals surface area contributed by atoms with Gasteiger partial charge in [-0.1, -0.05) is 39.3 Å². The summed E-state index contributed by atoms with van der Waals surface area (Å²) in [7, 11) is 0. The highest BCUT2D eigenvalue weighted by Gasteiger charge is 2.35. The fourth-order valence-corrected chi connectivity index (χ4v) is 2.90. The Morgan fingerprint density at radius 1 is 1.33 bits per heavy atom. The molecule has 1 saturated carbocycles. The van der Waals surface area contributed by atoms with Gasteiger partial charge in [0, 0.05) is 0 Å². The lowest BCUT2D eigenvalue weighted by atomic mass is 9.63. The summed E-state index contributed by atoms with van der Waals surface area (Å²) in [6.07, 6.45) is 4.11. The van der Waals surface area contributed by atoms with E-state index in [1.807, 2.05) is 0 Å². The van der Waals surface area contributed by atoms with Crippen LogP contribution in [0.3, 0.4) is 0 Å². The van der Waals surface area contributed by atoms with Gasteiger partial charge in [-0.2, -0.15) is 0 Å². The van der Waals surface area contributed by atoms with E-state index < -0.39 is 0 Å². The smallest absolute Gasteiger partial charge is 0.0157 e. The quantitative estimate of drug-likeness (QED) is 0.516. The van der Waals surface area contributed by atoms with E-state index in [-0.39, 0.29) is 0 Å². The summed E-state index contributed by atoms with van der Waals surface area (Å²) in [5, 5.41) is 0. The summed E-state index contributed by atoms with van der Waals surface area (Å²) in [6, 6.07) is 0. The van der Waals surface area contributed by atoms with Crippen LogP contribution in [0, 0.1) is 17.3 Å². The van der Waals surface area contributed by atoms with Gasteiger partial charge in [-0.15, -0.1) is 0 Å². The SMILES string of the molecule is C=C(C)C1CCC(C)CC1(C)C. The molecule has 0 spiro atoms. The molecule has 0 aromatic heterocycles. The largest absolute Gasteiger partial charge is 0.0998 e. The Bertz CT molecular complexity index is 176. The first kappa shape index (κ1) is 9.83. The second-order valence-corrected chi connectivity index (χ2v) is 5.27. The van der Waals surface area contributed by atoms with Gasteiger partial charge in [0.05, 0.1) is 0 Å². The zero-order valence-corrected chi connectivity index (χ0v) is 8.98. The second-order valence-electron chi connectivity index (χ2n) is 5.27. The Labute approximate surface area is 77.1 Å². The van der Waals surface area contributed by atoms with E-state index >= 15 is 0 Å². The first-order valence-electron chi connectivity index (χ1n) is 5.09. The Balaban J connectivity index is 2.70. The highest BCUT2D eigenvalue weighted by atomic mass is 14.4. The molecule has 0 radical (unpaired) electrons. The lowest BCUT2D eigenvalue weighted by Crippen LogP contribution is -2.31. The van der Waals surface area contributed by atoms with E-state index in [4.69, 9.17) is 0 Å². The zero-order valence-electron chi connectivity index (χ0n) is 8.98. The van der Waals surface area contributed by atoms with Crippen molar-refractivity contribution >= 4 is 0 Å². The first-order chi connectivity index (χ1) is 5.43. The van der Waals surface area contributed by atoms with Crippen molar-refractivity contribution in [3.05, 3.63) is 12.2 Å². The standard InChI is InChI=1S/C12H22/c1-9(2)11-7-6-10(3)8-12(11,4)5/h10-11H,1,6-8H2,2-5H3. The third-order valence-corrected chi connectivity index (χ3v) is 3.36. The molecular weight excluding hydrogens is 144 g/mol. The molecule has 12 heavy (non-hydrogen) atoms. The van der Waals surface area contributed by atoms with Gasteiger partial charge in [-0.25, -0.2) is 0 Å². The molecule has 0 aromatic carbocycles. The van der Waals surface area contributed by atoms with Crippen LogP contribution in [0.4, 0.5) is 0 Å². The Hall–Kier alpha value is -0.260. The molecule has 0 aliphatic heterocycles. The molecular formula is C12H22. The van der Waals surface area contributed by atoms with Crippen LogP contribution in [-0.4, -0.2) is 0 Å². The van der Waals surface area contributed by atoms with Crippen LogP contribution in [0.25, 0.3) is 0 Å². The van der Waals surface area contributed by atoms with Crippen molar-refractivity contribution < 1.29 is 0 Å². The van der Waals surface area contributed by atoms with Gasteiger partial charge in [-0.05, 0) is 37.0 Å². The van der Waals surface area contributed by atoms with Crippen molar-refractivity contribution in [3.8, 4) is 0 Å². The summed E-state index contributed by atoms with van der Waals surface area (Å²) < 4.78 is 0. The van der Waals surface area contributed by atoms with Gasteiger partial charge in [0.15, 0.2) is 0 Å².